The molecular weight excluding hydrogens is 168 g/mol. The normalized spacial score (nSPS) is 25.9. The monoisotopic (exact) mass is 182 g/mol. The average molecular weight is 182 g/mol. The summed E-state index contributed by atoms with van der Waals surface area (Å²) in [5.41, 5.74) is 0. The highest BCUT2D eigenvalue weighted by atomic mass is 32.1. The number of likely N-dealkylation sites (N-methyl/N-ethyl adjacent to an activating group) is 1. The van der Waals surface area contributed by atoms with E-state index in [2.05, 4.69) is 34.8 Å². The third kappa shape index (κ3) is 1.68. The molecule has 1 aromatic rings. The molecule has 0 spiro atoms. The highest BCUT2D eigenvalue weighted by Crippen LogP contribution is 2.20. The molecule has 1 aromatic heterocycles. The van der Waals surface area contributed by atoms with Gasteiger partial charge in [0.2, 0.25) is 0 Å². The fourth-order valence-electron chi connectivity index (χ4n) is 1.58. The van der Waals surface area contributed by atoms with Gasteiger partial charge < -0.3 is 10.2 Å². The van der Waals surface area contributed by atoms with Gasteiger partial charge in [0, 0.05) is 24.5 Å². The highest BCUT2D eigenvalue weighted by Gasteiger charge is 2.18. The van der Waals surface area contributed by atoms with Crippen molar-refractivity contribution in [2.24, 2.45) is 0 Å². The Morgan fingerprint density at radius 2 is 2.58 bits per heavy atom. The molecule has 1 N–H and O–H groups in total. The first-order valence-electron chi connectivity index (χ1n) is 4.31. The summed E-state index contributed by atoms with van der Waals surface area (Å²) in [5, 5.41) is 5.67. The van der Waals surface area contributed by atoms with Gasteiger partial charge in [-0.2, -0.15) is 0 Å². The molecule has 2 nitrogen and oxygen atoms in total. The van der Waals surface area contributed by atoms with Crippen LogP contribution in [0.2, 0.25) is 0 Å². The van der Waals surface area contributed by atoms with E-state index in [1.54, 1.807) is 0 Å². The van der Waals surface area contributed by atoms with Gasteiger partial charge >= 0.3 is 0 Å². The van der Waals surface area contributed by atoms with Gasteiger partial charge in [-0.1, -0.05) is 6.07 Å². The molecule has 0 aromatic carbocycles. The lowest BCUT2D eigenvalue weighted by Crippen LogP contribution is -2.43. The Morgan fingerprint density at radius 1 is 1.67 bits per heavy atom. The van der Waals surface area contributed by atoms with Crippen LogP contribution in [0.5, 0.6) is 0 Å². The quantitative estimate of drug-likeness (QED) is 0.705. The van der Waals surface area contributed by atoms with Crippen molar-refractivity contribution in [3.05, 3.63) is 22.4 Å². The third-order valence-corrected chi connectivity index (χ3v) is 3.25. The van der Waals surface area contributed by atoms with E-state index in [1.165, 1.54) is 11.4 Å². The largest absolute Gasteiger partial charge is 0.307 e. The van der Waals surface area contributed by atoms with Crippen LogP contribution in [-0.2, 0) is 0 Å². The highest BCUT2D eigenvalue weighted by molar-refractivity contribution is 7.10. The van der Waals surface area contributed by atoms with Gasteiger partial charge in [0.25, 0.3) is 0 Å². The lowest BCUT2D eigenvalue weighted by atomic mass is 10.2. The van der Waals surface area contributed by atoms with E-state index >= 15 is 0 Å². The van der Waals surface area contributed by atoms with E-state index in [-0.39, 0.29) is 0 Å². The molecule has 0 aliphatic carbocycles. The predicted octanol–water partition coefficient (Wildman–Crippen LogP) is 1.32. The van der Waals surface area contributed by atoms with E-state index < -0.39 is 0 Å². The van der Waals surface area contributed by atoms with Crippen molar-refractivity contribution in [2.45, 2.75) is 6.04 Å². The second-order valence-corrected chi connectivity index (χ2v) is 4.26. The lowest BCUT2D eigenvalue weighted by molar-refractivity contribution is 0.243. The molecule has 2 heterocycles. The molecule has 0 bridgehead atoms. The Kier molecular flexibility index (Phi) is 2.44. The zero-order chi connectivity index (χ0) is 8.39. The molecular formula is C9H14N2S. The standard InChI is InChI=1S/C9H14N2S/c1-11-5-4-10-8(7-11)9-3-2-6-12-9/h2-3,6,8,10H,4-5,7H2,1H3. The summed E-state index contributed by atoms with van der Waals surface area (Å²) >= 11 is 1.84. The lowest BCUT2D eigenvalue weighted by Gasteiger charge is -2.30. The average Bonchev–Trinajstić information content (AvgIpc) is 2.56. The van der Waals surface area contributed by atoms with Crippen LogP contribution in [0.1, 0.15) is 10.9 Å². The van der Waals surface area contributed by atoms with Gasteiger partial charge in [0.05, 0.1) is 6.04 Å². The summed E-state index contributed by atoms with van der Waals surface area (Å²) in [6.45, 7) is 3.42. The van der Waals surface area contributed by atoms with Crippen molar-refractivity contribution in [3.8, 4) is 0 Å². The Bertz CT molecular complexity index is 233. The van der Waals surface area contributed by atoms with Crippen LogP contribution in [0.15, 0.2) is 17.5 Å². The molecule has 1 aliphatic rings. The van der Waals surface area contributed by atoms with Gasteiger partial charge in [-0.3, -0.25) is 0 Å². The summed E-state index contributed by atoms with van der Waals surface area (Å²) < 4.78 is 0. The molecule has 0 amide bonds. The van der Waals surface area contributed by atoms with Crippen LogP contribution in [0.3, 0.4) is 0 Å². The van der Waals surface area contributed by atoms with E-state index in [0.29, 0.717) is 6.04 Å². The fraction of sp³-hybridized carbons (Fsp3) is 0.556. The maximum absolute atomic E-state index is 3.52. The molecule has 66 valence electrons. The topological polar surface area (TPSA) is 15.3 Å². The van der Waals surface area contributed by atoms with Crippen molar-refractivity contribution in [2.75, 3.05) is 26.7 Å². The molecule has 1 aliphatic heterocycles. The van der Waals surface area contributed by atoms with Crippen molar-refractivity contribution in [3.63, 3.8) is 0 Å². The van der Waals surface area contributed by atoms with E-state index in [1.807, 2.05) is 11.3 Å². The van der Waals surface area contributed by atoms with Gasteiger partial charge in [-0.05, 0) is 18.5 Å². The minimum Gasteiger partial charge on any atom is -0.307 e. The SMILES string of the molecule is CN1CCNC(c2cccs2)C1. The number of hydrogen-bond acceptors (Lipinski definition) is 3. The first-order chi connectivity index (χ1) is 5.86. The van der Waals surface area contributed by atoms with E-state index in [4.69, 9.17) is 0 Å². The number of nitrogens with zero attached hydrogens (tertiary/aromatic N) is 1. The van der Waals surface area contributed by atoms with Crippen LogP contribution in [0.25, 0.3) is 0 Å². The molecule has 1 unspecified atom stereocenters. The second-order valence-electron chi connectivity index (χ2n) is 3.28. The first-order valence-corrected chi connectivity index (χ1v) is 5.19. The maximum atomic E-state index is 3.52. The van der Waals surface area contributed by atoms with Crippen LogP contribution >= 0.6 is 11.3 Å². The number of piperazine rings is 1. The Labute approximate surface area is 77.2 Å². The van der Waals surface area contributed by atoms with Crippen LogP contribution < -0.4 is 5.32 Å². The zero-order valence-corrected chi connectivity index (χ0v) is 8.10. The summed E-state index contributed by atoms with van der Waals surface area (Å²) in [4.78, 5) is 3.84. The molecule has 3 heteroatoms. The van der Waals surface area contributed by atoms with E-state index in [0.717, 1.165) is 13.1 Å². The third-order valence-electron chi connectivity index (χ3n) is 2.27. The van der Waals surface area contributed by atoms with Crippen LogP contribution in [0, 0.1) is 0 Å². The Balaban J connectivity index is 2.04. The first kappa shape index (κ1) is 8.23. The number of nitrogens with one attached hydrogen (secondary N) is 1. The zero-order valence-electron chi connectivity index (χ0n) is 7.29. The molecule has 2 rings (SSSR count). The van der Waals surface area contributed by atoms with Gasteiger partial charge in [-0.25, -0.2) is 0 Å². The molecule has 1 saturated heterocycles. The van der Waals surface area contributed by atoms with Gasteiger partial charge in [0.15, 0.2) is 0 Å². The minimum absolute atomic E-state index is 0.559. The number of hydrogen-bond donors (Lipinski definition) is 1. The van der Waals surface area contributed by atoms with E-state index in [9.17, 15) is 0 Å². The maximum Gasteiger partial charge on any atom is 0.0544 e. The minimum atomic E-state index is 0.559. The summed E-state index contributed by atoms with van der Waals surface area (Å²) in [6, 6.07) is 4.89. The predicted molar refractivity (Wildman–Crippen MR) is 52.6 cm³/mol. The Hall–Kier alpha value is -0.380. The van der Waals surface area contributed by atoms with Crippen molar-refractivity contribution in [1.29, 1.82) is 0 Å². The summed E-state index contributed by atoms with van der Waals surface area (Å²) in [6.07, 6.45) is 0. The smallest absolute Gasteiger partial charge is 0.0544 e. The molecule has 0 radical (unpaired) electrons. The number of thiophene rings is 1. The van der Waals surface area contributed by atoms with Crippen LogP contribution in [0.4, 0.5) is 0 Å². The summed E-state index contributed by atoms with van der Waals surface area (Å²) in [5.74, 6) is 0. The summed E-state index contributed by atoms with van der Waals surface area (Å²) in [7, 11) is 2.18. The van der Waals surface area contributed by atoms with Crippen molar-refractivity contribution < 1.29 is 0 Å². The van der Waals surface area contributed by atoms with Crippen LogP contribution in [-0.4, -0.2) is 31.6 Å². The molecule has 0 saturated carbocycles. The molecule has 1 fully saturated rings. The van der Waals surface area contributed by atoms with Crippen molar-refractivity contribution >= 4 is 11.3 Å². The van der Waals surface area contributed by atoms with Crippen molar-refractivity contribution in [1.82, 2.24) is 10.2 Å². The Morgan fingerprint density at radius 3 is 3.25 bits per heavy atom. The second kappa shape index (κ2) is 3.56. The fourth-order valence-corrected chi connectivity index (χ4v) is 2.37. The molecule has 1 atom stereocenters. The van der Waals surface area contributed by atoms with Gasteiger partial charge in [-0.15, -0.1) is 11.3 Å². The molecule has 12 heavy (non-hydrogen) atoms. The van der Waals surface area contributed by atoms with Gasteiger partial charge in [0.1, 0.15) is 0 Å². The number of rotatable bonds is 1.